The molecule has 0 atom stereocenters. The largest absolute Gasteiger partial charge is 0.475 e. The molecular formula is C13H14FN3O. The molecule has 2 heterocycles. The minimum absolute atomic E-state index is 0.00567. The van der Waals surface area contributed by atoms with Crippen molar-refractivity contribution in [2.24, 2.45) is 5.73 Å². The third-order valence-electron chi connectivity index (χ3n) is 2.48. The van der Waals surface area contributed by atoms with E-state index >= 15 is 0 Å². The number of rotatable bonds is 5. The maximum atomic E-state index is 13.7. The highest BCUT2D eigenvalue weighted by atomic mass is 19.1. The number of nitrogens with two attached hydrogens (primary N) is 1. The quantitative estimate of drug-likeness (QED) is 0.873. The van der Waals surface area contributed by atoms with Crippen molar-refractivity contribution in [2.75, 3.05) is 6.61 Å². The normalized spacial score (nSPS) is 10.3. The summed E-state index contributed by atoms with van der Waals surface area (Å²) in [5.74, 6) is -0.491. The van der Waals surface area contributed by atoms with Gasteiger partial charge in [0.05, 0.1) is 6.61 Å². The molecular weight excluding hydrogens is 233 g/mol. The summed E-state index contributed by atoms with van der Waals surface area (Å²) < 4.78 is 19.0. The lowest BCUT2D eigenvalue weighted by molar-refractivity contribution is 0.290. The van der Waals surface area contributed by atoms with E-state index in [0.29, 0.717) is 18.6 Å². The summed E-state index contributed by atoms with van der Waals surface area (Å²) in [5, 5.41) is 0. The number of aromatic nitrogens is 2. The van der Waals surface area contributed by atoms with Gasteiger partial charge in [-0.3, -0.25) is 4.98 Å². The summed E-state index contributed by atoms with van der Waals surface area (Å²) in [6.07, 6.45) is 3.80. The standard InChI is InChI=1S/C13H14FN3O/c14-12-10(9-15)4-7-17-13(12)18-8-5-11-3-1-2-6-16-11/h1-4,6-7H,5,8-9,15H2. The van der Waals surface area contributed by atoms with Gasteiger partial charge in [-0.2, -0.15) is 0 Å². The molecule has 0 amide bonds. The van der Waals surface area contributed by atoms with Crippen LogP contribution in [0.15, 0.2) is 36.7 Å². The Balaban J connectivity index is 1.95. The molecule has 0 aliphatic carbocycles. The van der Waals surface area contributed by atoms with Crippen LogP contribution in [0.5, 0.6) is 5.88 Å². The van der Waals surface area contributed by atoms with Crippen LogP contribution in [0, 0.1) is 5.82 Å². The Hall–Kier alpha value is -2.01. The molecule has 0 saturated carbocycles. The lowest BCUT2D eigenvalue weighted by atomic mass is 10.2. The van der Waals surface area contributed by atoms with Crippen LogP contribution < -0.4 is 10.5 Å². The van der Waals surface area contributed by atoms with Crippen molar-refractivity contribution in [2.45, 2.75) is 13.0 Å². The van der Waals surface area contributed by atoms with Gasteiger partial charge >= 0.3 is 0 Å². The molecule has 2 N–H and O–H groups in total. The van der Waals surface area contributed by atoms with E-state index < -0.39 is 5.82 Å². The maximum absolute atomic E-state index is 13.7. The smallest absolute Gasteiger partial charge is 0.250 e. The van der Waals surface area contributed by atoms with Crippen molar-refractivity contribution in [1.29, 1.82) is 0 Å². The summed E-state index contributed by atoms with van der Waals surface area (Å²) in [6, 6.07) is 7.18. The molecule has 0 fully saturated rings. The number of ether oxygens (including phenoxy) is 1. The monoisotopic (exact) mass is 247 g/mol. The minimum Gasteiger partial charge on any atom is -0.475 e. The Kier molecular flexibility index (Phi) is 4.20. The van der Waals surface area contributed by atoms with E-state index in [2.05, 4.69) is 9.97 Å². The Morgan fingerprint density at radius 2 is 2.06 bits per heavy atom. The highest BCUT2D eigenvalue weighted by Gasteiger charge is 2.09. The van der Waals surface area contributed by atoms with Gasteiger partial charge in [0, 0.05) is 36.6 Å². The highest BCUT2D eigenvalue weighted by molar-refractivity contribution is 5.23. The number of hydrogen-bond donors (Lipinski definition) is 1. The van der Waals surface area contributed by atoms with Gasteiger partial charge in [0.1, 0.15) is 0 Å². The number of halogens is 1. The van der Waals surface area contributed by atoms with Gasteiger partial charge in [-0.25, -0.2) is 9.37 Å². The maximum Gasteiger partial charge on any atom is 0.250 e. The first-order valence-electron chi connectivity index (χ1n) is 5.67. The van der Waals surface area contributed by atoms with Gasteiger partial charge < -0.3 is 10.5 Å². The fourth-order valence-corrected chi connectivity index (χ4v) is 1.52. The molecule has 0 unspecified atom stereocenters. The molecule has 18 heavy (non-hydrogen) atoms. The second-order valence-corrected chi connectivity index (χ2v) is 3.71. The molecule has 4 nitrogen and oxygen atoms in total. The van der Waals surface area contributed by atoms with Crippen molar-refractivity contribution in [3.8, 4) is 5.88 Å². The second kappa shape index (κ2) is 6.07. The average Bonchev–Trinajstić information content (AvgIpc) is 2.42. The first-order valence-corrected chi connectivity index (χ1v) is 5.67. The fourth-order valence-electron chi connectivity index (χ4n) is 1.52. The van der Waals surface area contributed by atoms with Crippen molar-refractivity contribution in [3.05, 3.63) is 53.7 Å². The lowest BCUT2D eigenvalue weighted by Crippen LogP contribution is -2.08. The van der Waals surface area contributed by atoms with Gasteiger partial charge in [0.2, 0.25) is 0 Å². The number of hydrogen-bond acceptors (Lipinski definition) is 4. The zero-order valence-electron chi connectivity index (χ0n) is 9.84. The van der Waals surface area contributed by atoms with Gasteiger partial charge in [-0.05, 0) is 18.2 Å². The number of pyridine rings is 2. The third kappa shape index (κ3) is 3.01. The fraction of sp³-hybridized carbons (Fsp3) is 0.231. The Morgan fingerprint density at radius 1 is 1.17 bits per heavy atom. The highest BCUT2D eigenvalue weighted by Crippen LogP contribution is 2.16. The first kappa shape index (κ1) is 12.4. The molecule has 0 aliphatic rings. The Bertz CT molecular complexity index is 505. The van der Waals surface area contributed by atoms with Crippen LogP contribution in [0.3, 0.4) is 0 Å². The molecule has 5 heteroatoms. The first-order chi connectivity index (χ1) is 8.81. The van der Waals surface area contributed by atoms with E-state index in [9.17, 15) is 4.39 Å². The van der Waals surface area contributed by atoms with E-state index in [4.69, 9.17) is 10.5 Å². The van der Waals surface area contributed by atoms with Crippen molar-refractivity contribution < 1.29 is 9.13 Å². The van der Waals surface area contributed by atoms with Crippen LogP contribution in [0.25, 0.3) is 0 Å². The van der Waals surface area contributed by atoms with Crippen LogP contribution in [0.1, 0.15) is 11.3 Å². The molecule has 0 aliphatic heterocycles. The van der Waals surface area contributed by atoms with E-state index in [1.165, 1.54) is 6.20 Å². The summed E-state index contributed by atoms with van der Waals surface area (Å²) in [7, 11) is 0. The summed E-state index contributed by atoms with van der Waals surface area (Å²) >= 11 is 0. The molecule has 0 saturated heterocycles. The van der Waals surface area contributed by atoms with E-state index in [1.807, 2.05) is 18.2 Å². The Morgan fingerprint density at radius 3 is 2.78 bits per heavy atom. The number of nitrogens with zero attached hydrogens (tertiary/aromatic N) is 2. The SMILES string of the molecule is NCc1ccnc(OCCc2ccccn2)c1F. The van der Waals surface area contributed by atoms with Gasteiger partial charge in [0.15, 0.2) is 5.82 Å². The van der Waals surface area contributed by atoms with E-state index in [-0.39, 0.29) is 12.4 Å². The van der Waals surface area contributed by atoms with Crippen molar-refractivity contribution >= 4 is 0 Å². The van der Waals surface area contributed by atoms with Crippen LogP contribution in [-0.2, 0) is 13.0 Å². The van der Waals surface area contributed by atoms with Crippen LogP contribution in [0.4, 0.5) is 4.39 Å². The molecule has 2 aromatic rings. The molecule has 0 radical (unpaired) electrons. The van der Waals surface area contributed by atoms with Crippen molar-refractivity contribution in [3.63, 3.8) is 0 Å². The van der Waals surface area contributed by atoms with Crippen molar-refractivity contribution in [1.82, 2.24) is 9.97 Å². The average molecular weight is 247 g/mol. The molecule has 2 aromatic heterocycles. The van der Waals surface area contributed by atoms with Gasteiger partial charge in [0.25, 0.3) is 5.88 Å². The van der Waals surface area contributed by atoms with Gasteiger partial charge in [-0.15, -0.1) is 0 Å². The summed E-state index contributed by atoms with van der Waals surface area (Å²) in [5.41, 5.74) is 6.70. The predicted octanol–water partition coefficient (Wildman–Crippen LogP) is 1.70. The van der Waals surface area contributed by atoms with Gasteiger partial charge in [-0.1, -0.05) is 6.07 Å². The predicted molar refractivity (Wildman–Crippen MR) is 65.5 cm³/mol. The Labute approximate surface area is 105 Å². The third-order valence-corrected chi connectivity index (χ3v) is 2.48. The summed E-state index contributed by atoms with van der Waals surface area (Å²) in [6.45, 7) is 0.458. The zero-order chi connectivity index (χ0) is 12.8. The lowest BCUT2D eigenvalue weighted by Gasteiger charge is -2.07. The van der Waals surface area contributed by atoms with Crippen LogP contribution in [-0.4, -0.2) is 16.6 Å². The van der Waals surface area contributed by atoms with E-state index in [0.717, 1.165) is 5.69 Å². The molecule has 0 aromatic carbocycles. The molecule has 0 spiro atoms. The molecule has 0 bridgehead atoms. The topological polar surface area (TPSA) is 61.0 Å². The van der Waals surface area contributed by atoms with E-state index in [1.54, 1.807) is 12.3 Å². The molecule has 2 rings (SSSR count). The van der Waals surface area contributed by atoms with Crippen LogP contribution >= 0.6 is 0 Å². The minimum atomic E-state index is -0.485. The molecule has 94 valence electrons. The second-order valence-electron chi connectivity index (χ2n) is 3.71. The zero-order valence-corrected chi connectivity index (χ0v) is 9.84. The summed E-state index contributed by atoms with van der Waals surface area (Å²) in [4.78, 5) is 8.00. The van der Waals surface area contributed by atoms with Crippen LogP contribution in [0.2, 0.25) is 0 Å².